The quantitative estimate of drug-likeness (QED) is 0.607. The number of aliphatic hydroxyl groups excluding tert-OH is 2. The van der Waals surface area contributed by atoms with Crippen molar-refractivity contribution in [3.8, 4) is 0 Å². The van der Waals surface area contributed by atoms with Gasteiger partial charge in [0.15, 0.2) is 5.91 Å². The molecule has 0 aliphatic rings. The molecule has 1 amide bonds. The number of benzene rings is 2. The molecule has 1 atom stereocenters. The fourth-order valence-electron chi connectivity index (χ4n) is 1.30. The van der Waals surface area contributed by atoms with Gasteiger partial charge in [-0.2, -0.15) is 6.42 Å². The van der Waals surface area contributed by atoms with Crippen LogP contribution in [0, 0.1) is 12.5 Å². The second kappa shape index (κ2) is 32.6. The van der Waals surface area contributed by atoms with Crippen molar-refractivity contribution in [1.82, 2.24) is 5.32 Å². The van der Waals surface area contributed by atoms with Gasteiger partial charge in [0.25, 0.3) is 0 Å². The van der Waals surface area contributed by atoms with Gasteiger partial charge in [0, 0.05) is 52.8 Å². The smallest absolute Gasteiger partial charge is 0.193 e. The fraction of sp³-hybridized carbons (Fsp3) is 0.364. The molecule has 0 saturated heterocycles. The summed E-state index contributed by atoms with van der Waals surface area (Å²) in [4.78, 5) is 11.0. The molecule has 0 spiro atoms. The Morgan fingerprint density at radius 2 is 1.04 bits per heavy atom. The Morgan fingerprint density at radius 3 is 1.22 bits per heavy atom. The van der Waals surface area contributed by atoms with E-state index in [1.54, 1.807) is 6.54 Å². The summed E-state index contributed by atoms with van der Waals surface area (Å²) in [6, 6.07) is 24.0. The molecule has 5 heteroatoms. The zero-order valence-corrected chi connectivity index (χ0v) is 20.2. The minimum atomic E-state index is 0. The summed E-state index contributed by atoms with van der Waals surface area (Å²) >= 11 is 0. The van der Waals surface area contributed by atoms with Crippen LogP contribution in [0.3, 0.4) is 0 Å². The van der Waals surface area contributed by atoms with E-state index in [0.29, 0.717) is 0 Å². The van der Waals surface area contributed by atoms with Crippen LogP contribution in [-0.2, 0) is 37.5 Å². The molecule has 3 N–H and O–H groups in total. The molecule has 0 saturated carbocycles. The van der Waals surface area contributed by atoms with Crippen LogP contribution in [0.5, 0.6) is 0 Å². The van der Waals surface area contributed by atoms with Crippen molar-refractivity contribution in [2.24, 2.45) is 5.92 Å². The third kappa shape index (κ3) is 29.9. The first-order chi connectivity index (χ1) is 12.7. The summed E-state index contributed by atoms with van der Waals surface area (Å²) in [5.74, 6) is 0.271. The van der Waals surface area contributed by atoms with Gasteiger partial charge in [-0.1, -0.05) is 93.6 Å². The van der Waals surface area contributed by atoms with E-state index < -0.39 is 0 Å². The van der Waals surface area contributed by atoms with E-state index in [1.807, 2.05) is 93.6 Å². The topological polar surface area (TPSA) is 69.6 Å². The first-order valence-corrected chi connectivity index (χ1v) is 8.73. The zero-order chi connectivity index (χ0) is 20.5. The van der Waals surface area contributed by atoms with Crippen LogP contribution < -0.4 is 5.32 Å². The molecular formula is C22H36NO3Y-. The van der Waals surface area contributed by atoms with E-state index in [2.05, 4.69) is 5.32 Å². The van der Waals surface area contributed by atoms with Gasteiger partial charge in [-0.25, -0.2) is 6.54 Å². The molecule has 151 valence electrons. The molecule has 0 aliphatic heterocycles. The van der Waals surface area contributed by atoms with E-state index in [-0.39, 0.29) is 44.5 Å². The number of rotatable bonds is 4. The predicted molar refractivity (Wildman–Crippen MR) is 111 cm³/mol. The molecule has 27 heavy (non-hydrogen) atoms. The molecule has 4 nitrogen and oxygen atoms in total. The van der Waals surface area contributed by atoms with Crippen molar-refractivity contribution >= 4 is 5.91 Å². The van der Waals surface area contributed by atoms with Crippen molar-refractivity contribution in [3.05, 3.63) is 79.3 Å². The molecule has 2 rings (SSSR count). The maximum Gasteiger partial charge on any atom is 0.193 e. The number of amides is 1. The second-order valence-corrected chi connectivity index (χ2v) is 4.74. The van der Waals surface area contributed by atoms with Gasteiger partial charge in [0.2, 0.25) is 0 Å². The molecule has 0 aliphatic carbocycles. The second-order valence-electron chi connectivity index (χ2n) is 4.74. The zero-order valence-electron chi connectivity index (χ0n) is 17.4. The van der Waals surface area contributed by atoms with Crippen LogP contribution in [0.25, 0.3) is 0 Å². The Labute approximate surface area is 191 Å². The van der Waals surface area contributed by atoms with Crippen molar-refractivity contribution in [3.63, 3.8) is 0 Å². The first-order valence-electron chi connectivity index (χ1n) is 8.73. The van der Waals surface area contributed by atoms with E-state index >= 15 is 0 Å². The summed E-state index contributed by atoms with van der Waals surface area (Å²) in [5, 5.41) is 16.7. The van der Waals surface area contributed by atoms with E-state index in [0.717, 1.165) is 27.1 Å². The Bertz CT molecular complexity index is 371. The van der Waals surface area contributed by atoms with Crippen LogP contribution >= 0.6 is 0 Å². The maximum atomic E-state index is 11.0. The summed E-state index contributed by atoms with van der Waals surface area (Å²) in [6.45, 7) is 7.72. The Kier molecular flexibility index (Phi) is 40.5. The van der Waals surface area contributed by atoms with Crippen molar-refractivity contribution in [2.75, 3.05) is 14.2 Å². The Balaban J connectivity index is -0.000000136. The SMILES string of the molecule is CC[CH-]NC(=O)C(C)CC.CO.CO.[Y].c1ccccc1.c1ccccc1. The standard InChI is InChI=1S/C8H16NO.2C6H6.2CH4O.Y/c1-4-6-9-8(10)7(3)5-2;2*1-2-4-6-5-3-1;2*1-2;/h6-7H,4-5H2,1-3H3,(H,9,10);2*1-6H;2*2H,1H3;/q-1;;;;;. The van der Waals surface area contributed by atoms with Gasteiger partial charge in [0.05, 0.1) is 0 Å². The first kappa shape index (κ1) is 33.5. The third-order valence-corrected chi connectivity index (χ3v) is 2.84. The Morgan fingerprint density at radius 1 is 0.778 bits per heavy atom. The van der Waals surface area contributed by atoms with Crippen LogP contribution in [-0.4, -0.2) is 30.3 Å². The van der Waals surface area contributed by atoms with Crippen LogP contribution in [0.4, 0.5) is 0 Å². The van der Waals surface area contributed by atoms with Gasteiger partial charge in [-0.3, -0.25) is 4.79 Å². The molecule has 0 heterocycles. The monoisotopic (exact) mass is 451 g/mol. The van der Waals surface area contributed by atoms with Crippen LogP contribution in [0.15, 0.2) is 72.8 Å². The maximum absolute atomic E-state index is 11.0. The van der Waals surface area contributed by atoms with Crippen molar-refractivity contribution < 1.29 is 47.7 Å². The molecule has 2 aromatic carbocycles. The van der Waals surface area contributed by atoms with E-state index in [9.17, 15) is 4.79 Å². The molecule has 0 aromatic heterocycles. The van der Waals surface area contributed by atoms with Crippen molar-refractivity contribution in [2.45, 2.75) is 33.6 Å². The van der Waals surface area contributed by atoms with E-state index in [1.165, 1.54) is 0 Å². The number of hydrogen-bond acceptors (Lipinski definition) is 3. The summed E-state index contributed by atoms with van der Waals surface area (Å²) in [7, 11) is 2.00. The number of carbonyl (C=O) groups is 1. The molecule has 1 unspecified atom stereocenters. The largest absolute Gasteiger partial charge is 0.505 e. The molecule has 2 aromatic rings. The number of hydrogen-bond donors (Lipinski definition) is 3. The minimum Gasteiger partial charge on any atom is -0.505 e. The average molecular weight is 451 g/mol. The normalized spacial score (nSPS) is 8.70. The average Bonchev–Trinajstić information content (AvgIpc) is 2.77. The number of carbonyl (C=O) groups excluding carboxylic acids is 1. The molecule has 0 bridgehead atoms. The number of nitrogens with one attached hydrogen (secondary N) is 1. The Hall–Kier alpha value is -1.07. The van der Waals surface area contributed by atoms with Gasteiger partial charge in [-0.15, -0.1) is 0 Å². The predicted octanol–water partition coefficient (Wildman–Crippen LogP) is 4.31. The van der Waals surface area contributed by atoms with Gasteiger partial charge in [-0.05, 0) is 6.42 Å². The fourth-order valence-corrected chi connectivity index (χ4v) is 1.30. The van der Waals surface area contributed by atoms with E-state index in [4.69, 9.17) is 10.2 Å². The third-order valence-electron chi connectivity index (χ3n) is 2.84. The minimum absolute atomic E-state index is 0. The molecular weight excluding hydrogens is 415 g/mol. The summed E-state index contributed by atoms with van der Waals surface area (Å²) < 4.78 is 0. The van der Waals surface area contributed by atoms with Gasteiger partial charge in [0.1, 0.15) is 0 Å². The molecule has 1 radical (unpaired) electrons. The van der Waals surface area contributed by atoms with Crippen LogP contribution in [0.2, 0.25) is 0 Å². The van der Waals surface area contributed by atoms with Crippen molar-refractivity contribution in [1.29, 1.82) is 0 Å². The summed E-state index contributed by atoms with van der Waals surface area (Å²) in [5.41, 5.74) is 0. The number of aliphatic hydroxyl groups is 2. The molecule has 0 fully saturated rings. The van der Waals surface area contributed by atoms with Gasteiger partial charge >= 0.3 is 0 Å². The van der Waals surface area contributed by atoms with Gasteiger partial charge < -0.3 is 15.5 Å². The van der Waals surface area contributed by atoms with Crippen LogP contribution in [0.1, 0.15) is 33.6 Å². The summed E-state index contributed by atoms with van der Waals surface area (Å²) in [6.07, 6.45) is 1.80.